The van der Waals surface area contributed by atoms with Crippen LogP contribution >= 0.6 is 11.8 Å². The first-order chi connectivity index (χ1) is 12.4. The highest BCUT2D eigenvalue weighted by molar-refractivity contribution is 8.18. The largest absolute Gasteiger partial charge is 0.508 e. The van der Waals surface area contributed by atoms with Crippen LogP contribution in [-0.2, 0) is 4.79 Å². The third-order valence-corrected chi connectivity index (χ3v) is 4.89. The van der Waals surface area contributed by atoms with E-state index in [-0.39, 0.29) is 30.0 Å². The van der Waals surface area contributed by atoms with E-state index in [1.165, 1.54) is 17.0 Å². The minimum atomic E-state index is -0.322. The number of amides is 2. The minimum absolute atomic E-state index is 0.152. The lowest BCUT2D eigenvalue weighted by Crippen LogP contribution is -2.32. The van der Waals surface area contributed by atoms with E-state index in [1.54, 1.807) is 18.2 Å². The Bertz CT molecular complexity index is 874. The fourth-order valence-corrected chi connectivity index (χ4v) is 3.39. The number of aromatic hydroxyl groups is 1. The molecule has 1 aliphatic rings. The van der Waals surface area contributed by atoms with Gasteiger partial charge in [0.1, 0.15) is 18.1 Å². The molecule has 0 radical (unpaired) electrons. The first-order valence-electron chi connectivity index (χ1n) is 8.18. The fourth-order valence-electron chi connectivity index (χ4n) is 2.52. The molecule has 3 rings (SSSR count). The van der Waals surface area contributed by atoms with E-state index in [0.29, 0.717) is 4.91 Å². The number of thioether (sulfide) groups is 1. The summed E-state index contributed by atoms with van der Waals surface area (Å²) in [7, 11) is 0. The van der Waals surface area contributed by atoms with Gasteiger partial charge < -0.3 is 9.84 Å². The molecule has 1 saturated heterocycles. The number of phenolic OH excluding ortho intramolecular Hbond substituents is 1. The SMILES string of the molecule is Cc1ccc(C)c(OCCN2C(=O)S/C(=C\c3ccc(O)cc3)C2=O)c1. The molecular formula is C20H19NO4S. The molecule has 0 aliphatic carbocycles. The Morgan fingerprint density at radius 3 is 2.58 bits per heavy atom. The Morgan fingerprint density at radius 1 is 1.12 bits per heavy atom. The third-order valence-electron chi connectivity index (χ3n) is 3.98. The predicted octanol–water partition coefficient (Wildman–Crippen LogP) is 4.12. The van der Waals surface area contributed by atoms with E-state index in [9.17, 15) is 14.7 Å². The molecule has 26 heavy (non-hydrogen) atoms. The van der Waals surface area contributed by atoms with Crippen LogP contribution in [0.5, 0.6) is 11.5 Å². The van der Waals surface area contributed by atoms with Gasteiger partial charge in [-0.3, -0.25) is 14.5 Å². The summed E-state index contributed by atoms with van der Waals surface area (Å²) in [4.78, 5) is 26.2. The van der Waals surface area contributed by atoms with Crippen LogP contribution < -0.4 is 4.74 Å². The molecule has 2 amide bonds. The maximum Gasteiger partial charge on any atom is 0.293 e. The van der Waals surface area contributed by atoms with E-state index < -0.39 is 0 Å². The van der Waals surface area contributed by atoms with Crippen LogP contribution in [0.3, 0.4) is 0 Å². The number of rotatable bonds is 5. The number of ether oxygens (including phenoxy) is 1. The second-order valence-corrected chi connectivity index (χ2v) is 7.04. The van der Waals surface area contributed by atoms with Crippen LogP contribution in [0.1, 0.15) is 16.7 Å². The molecule has 1 N–H and O–H groups in total. The molecule has 5 nitrogen and oxygen atoms in total. The highest BCUT2D eigenvalue weighted by Gasteiger charge is 2.34. The van der Waals surface area contributed by atoms with Gasteiger partial charge in [-0.05, 0) is 66.6 Å². The van der Waals surface area contributed by atoms with Crippen molar-refractivity contribution in [3.8, 4) is 11.5 Å². The maximum atomic E-state index is 12.5. The van der Waals surface area contributed by atoms with Gasteiger partial charge in [-0.1, -0.05) is 24.3 Å². The second-order valence-electron chi connectivity index (χ2n) is 6.04. The highest BCUT2D eigenvalue weighted by Crippen LogP contribution is 2.32. The summed E-state index contributed by atoms with van der Waals surface area (Å²) in [6, 6.07) is 12.4. The molecule has 134 valence electrons. The summed E-state index contributed by atoms with van der Waals surface area (Å²) >= 11 is 0.913. The molecular weight excluding hydrogens is 350 g/mol. The topological polar surface area (TPSA) is 66.8 Å². The lowest BCUT2D eigenvalue weighted by molar-refractivity contribution is -0.123. The third kappa shape index (κ3) is 4.08. The van der Waals surface area contributed by atoms with Crippen molar-refractivity contribution in [2.45, 2.75) is 13.8 Å². The normalized spacial score (nSPS) is 15.8. The molecule has 1 heterocycles. The van der Waals surface area contributed by atoms with Crippen LogP contribution in [0.4, 0.5) is 4.79 Å². The zero-order valence-corrected chi connectivity index (χ0v) is 15.4. The lowest BCUT2D eigenvalue weighted by Gasteiger charge is -2.14. The van der Waals surface area contributed by atoms with Crippen LogP contribution in [-0.4, -0.2) is 34.3 Å². The maximum absolute atomic E-state index is 12.5. The second kappa shape index (κ2) is 7.66. The Balaban J connectivity index is 1.64. The number of imide groups is 1. The number of benzene rings is 2. The average molecular weight is 369 g/mol. The number of hydrogen-bond acceptors (Lipinski definition) is 5. The van der Waals surface area contributed by atoms with E-state index in [0.717, 1.165) is 34.2 Å². The summed E-state index contributed by atoms with van der Waals surface area (Å²) in [6.07, 6.45) is 1.65. The van der Waals surface area contributed by atoms with Crippen molar-refractivity contribution >= 4 is 29.0 Å². The Hall–Kier alpha value is -2.73. The zero-order valence-electron chi connectivity index (χ0n) is 14.6. The first-order valence-corrected chi connectivity index (χ1v) is 9.00. The molecule has 6 heteroatoms. The fraction of sp³-hybridized carbons (Fsp3) is 0.200. The van der Waals surface area contributed by atoms with Crippen LogP contribution in [0, 0.1) is 13.8 Å². The van der Waals surface area contributed by atoms with Crippen LogP contribution in [0.15, 0.2) is 47.4 Å². The van der Waals surface area contributed by atoms with Gasteiger partial charge in [0, 0.05) is 0 Å². The van der Waals surface area contributed by atoms with Crippen molar-refractivity contribution in [3.63, 3.8) is 0 Å². The average Bonchev–Trinajstić information content (AvgIpc) is 2.87. The number of phenols is 1. The van der Waals surface area contributed by atoms with E-state index in [1.807, 2.05) is 32.0 Å². The van der Waals surface area contributed by atoms with Crippen molar-refractivity contribution in [1.82, 2.24) is 4.90 Å². The number of carbonyl (C=O) groups excluding carboxylic acids is 2. The highest BCUT2D eigenvalue weighted by atomic mass is 32.2. The Labute approximate surface area is 156 Å². The summed E-state index contributed by atoms with van der Waals surface area (Å²) in [5.41, 5.74) is 2.85. The van der Waals surface area contributed by atoms with Gasteiger partial charge >= 0.3 is 0 Å². The van der Waals surface area contributed by atoms with E-state index >= 15 is 0 Å². The van der Waals surface area contributed by atoms with Crippen LogP contribution in [0.25, 0.3) is 6.08 Å². The van der Waals surface area contributed by atoms with Gasteiger partial charge in [-0.2, -0.15) is 0 Å². The molecule has 2 aromatic rings. The van der Waals surface area contributed by atoms with Crippen molar-refractivity contribution in [2.24, 2.45) is 0 Å². The molecule has 0 spiro atoms. The lowest BCUT2D eigenvalue weighted by atomic mass is 10.1. The van der Waals surface area contributed by atoms with Crippen molar-refractivity contribution in [2.75, 3.05) is 13.2 Å². The van der Waals surface area contributed by atoms with E-state index in [4.69, 9.17) is 4.74 Å². The number of hydrogen-bond donors (Lipinski definition) is 1. The zero-order chi connectivity index (χ0) is 18.7. The standard InChI is InChI=1S/C20H19NO4S/c1-13-3-4-14(2)17(11-13)25-10-9-21-19(23)18(26-20(21)24)12-15-5-7-16(22)8-6-15/h3-8,11-12,22H,9-10H2,1-2H3/b18-12-. The monoisotopic (exact) mass is 369 g/mol. The summed E-state index contributed by atoms with van der Waals surface area (Å²) in [5, 5.41) is 9.01. The van der Waals surface area contributed by atoms with Crippen molar-refractivity contribution in [3.05, 3.63) is 64.1 Å². The molecule has 1 aliphatic heterocycles. The number of carbonyl (C=O) groups is 2. The minimum Gasteiger partial charge on any atom is -0.508 e. The smallest absolute Gasteiger partial charge is 0.293 e. The number of aryl methyl sites for hydroxylation is 2. The summed E-state index contributed by atoms with van der Waals surface area (Å²) in [6.45, 7) is 4.38. The molecule has 2 aromatic carbocycles. The molecule has 0 bridgehead atoms. The summed E-state index contributed by atoms with van der Waals surface area (Å²) < 4.78 is 5.74. The van der Waals surface area contributed by atoms with Gasteiger partial charge in [-0.25, -0.2) is 0 Å². The first kappa shape index (κ1) is 18.1. The van der Waals surface area contributed by atoms with E-state index in [2.05, 4.69) is 0 Å². The predicted molar refractivity (Wildman–Crippen MR) is 102 cm³/mol. The quantitative estimate of drug-likeness (QED) is 0.803. The van der Waals surface area contributed by atoms with Crippen LogP contribution in [0.2, 0.25) is 0 Å². The Kier molecular flexibility index (Phi) is 5.32. The van der Waals surface area contributed by atoms with Gasteiger partial charge in [0.25, 0.3) is 11.1 Å². The van der Waals surface area contributed by atoms with Crippen molar-refractivity contribution < 1.29 is 19.4 Å². The molecule has 0 aromatic heterocycles. The molecule has 0 saturated carbocycles. The van der Waals surface area contributed by atoms with Gasteiger partial charge in [0.05, 0.1) is 11.4 Å². The van der Waals surface area contributed by atoms with Crippen molar-refractivity contribution in [1.29, 1.82) is 0 Å². The summed E-state index contributed by atoms with van der Waals surface area (Å²) in [5.74, 6) is 0.591. The number of nitrogens with zero attached hydrogens (tertiary/aromatic N) is 1. The Morgan fingerprint density at radius 2 is 1.85 bits per heavy atom. The molecule has 0 atom stereocenters. The molecule has 1 fully saturated rings. The van der Waals surface area contributed by atoms with Gasteiger partial charge in [0.2, 0.25) is 0 Å². The van der Waals surface area contributed by atoms with Gasteiger partial charge in [0.15, 0.2) is 0 Å². The van der Waals surface area contributed by atoms with Gasteiger partial charge in [-0.15, -0.1) is 0 Å². The molecule has 0 unspecified atom stereocenters.